The van der Waals surface area contributed by atoms with E-state index in [0.717, 1.165) is 11.5 Å². The number of carbonyl (C=O) groups is 1. The third-order valence-corrected chi connectivity index (χ3v) is 7.72. The van der Waals surface area contributed by atoms with E-state index in [9.17, 15) is 13.2 Å². The van der Waals surface area contributed by atoms with Gasteiger partial charge in [-0.25, -0.2) is 13.4 Å². The van der Waals surface area contributed by atoms with Gasteiger partial charge in [-0.15, -0.1) is 0 Å². The van der Waals surface area contributed by atoms with Crippen LogP contribution >= 0.6 is 11.5 Å². The van der Waals surface area contributed by atoms with Gasteiger partial charge >= 0.3 is 0 Å². The number of nitrogens with zero attached hydrogens (tertiary/aromatic N) is 3. The quantitative estimate of drug-likeness (QED) is 0.437. The molecular weight excluding hydrogens is 444 g/mol. The summed E-state index contributed by atoms with van der Waals surface area (Å²) in [6.07, 6.45) is 1.80. The molecule has 166 valence electrons. The average Bonchev–Trinajstić information content (AvgIpc) is 3.34. The van der Waals surface area contributed by atoms with Gasteiger partial charge in [-0.1, -0.05) is 17.3 Å². The first kappa shape index (κ1) is 21.8. The van der Waals surface area contributed by atoms with Crippen molar-refractivity contribution in [3.05, 3.63) is 35.7 Å². The minimum Gasteiger partial charge on any atom is -0.389 e. The van der Waals surface area contributed by atoms with E-state index in [1.54, 1.807) is 12.1 Å². The molecule has 2 aromatic rings. The lowest BCUT2D eigenvalue weighted by atomic mass is 10.1. The van der Waals surface area contributed by atoms with Gasteiger partial charge in [-0.3, -0.25) is 10.1 Å². The molecule has 2 aliphatic rings. The number of amides is 1. The van der Waals surface area contributed by atoms with Gasteiger partial charge in [0.25, 0.3) is 5.91 Å². The minimum atomic E-state index is -3.32. The second-order valence-corrected chi connectivity index (χ2v) is 10.2. The number of sulfone groups is 1. The summed E-state index contributed by atoms with van der Waals surface area (Å²) < 4.78 is 39.2. The molecule has 1 N–H and O–H groups in total. The van der Waals surface area contributed by atoms with Crippen molar-refractivity contribution < 1.29 is 27.5 Å². The van der Waals surface area contributed by atoms with Crippen LogP contribution in [-0.4, -0.2) is 61.1 Å². The number of nitrogens with one attached hydrogen (secondary N) is 1. The lowest BCUT2D eigenvalue weighted by Crippen LogP contribution is -2.25. The van der Waals surface area contributed by atoms with Crippen LogP contribution in [0.1, 0.15) is 30.7 Å². The number of oxime groups is 1. The van der Waals surface area contributed by atoms with E-state index in [-0.39, 0.29) is 28.6 Å². The molecule has 2 fully saturated rings. The van der Waals surface area contributed by atoms with Crippen LogP contribution in [0.4, 0.5) is 5.13 Å². The van der Waals surface area contributed by atoms with Crippen molar-refractivity contribution in [1.29, 1.82) is 0 Å². The molecule has 10 nitrogen and oxygen atoms in total. The number of carbonyl (C=O) groups excluding carboxylic acids is 1. The van der Waals surface area contributed by atoms with Crippen molar-refractivity contribution in [3.63, 3.8) is 0 Å². The third kappa shape index (κ3) is 5.26. The zero-order chi connectivity index (χ0) is 21.8. The standard InChI is InChI=1S/C19H22N4O6S2/c1-27-11-16-20-19(30-23-16)21-18(24)17(22-29-13-8-9-28-10-13)12-2-4-14(5-3-12)31(25,26)15-6-7-15/h2-5,13,15H,6-11H2,1H3,(H,20,21,23,24)/b22-17+/t13-/m1/s1. The fourth-order valence-electron chi connectivity index (χ4n) is 2.97. The molecule has 1 amide bonds. The summed E-state index contributed by atoms with van der Waals surface area (Å²) in [5, 5.41) is 6.71. The summed E-state index contributed by atoms with van der Waals surface area (Å²) in [6.45, 7) is 1.20. The van der Waals surface area contributed by atoms with Crippen molar-refractivity contribution in [3.8, 4) is 0 Å². The zero-order valence-electron chi connectivity index (χ0n) is 16.8. The number of anilines is 1. The SMILES string of the molecule is COCc1nsc(NC(=O)/C(=N/O[C@@H]2CCOC2)c2ccc(S(=O)(=O)C3CC3)cc2)n1. The van der Waals surface area contributed by atoms with Gasteiger partial charge < -0.3 is 14.3 Å². The van der Waals surface area contributed by atoms with Gasteiger partial charge in [0, 0.05) is 30.6 Å². The number of methoxy groups -OCH3 is 1. The molecule has 1 aliphatic heterocycles. The Labute approximate surface area is 183 Å². The number of ether oxygens (including phenoxy) is 2. The molecule has 0 bridgehead atoms. The first-order chi connectivity index (χ1) is 15.0. The van der Waals surface area contributed by atoms with E-state index < -0.39 is 15.7 Å². The Hall–Kier alpha value is -2.41. The molecular formula is C19H22N4O6S2. The van der Waals surface area contributed by atoms with Crippen molar-refractivity contribution in [1.82, 2.24) is 9.36 Å². The fraction of sp³-hybridized carbons (Fsp3) is 0.474. The molecule has 1 aliphatic carbocycles. The van der Waals surface area contributed by atoms with E-state index in [2.05, 4.69) is 19.8 Å². The maximum Gasteiger partial charge on any atom is 0.280 e. The Morgan fingerprint density at radius 2 is 2.06 bits per heavy atom. The average molecular weight is 467 g/mol. The van der Waals surface area contributed by atoms with Crippen molar-refractivity contribution in [2.75, 3.05) is 25.6 Å². The van der Waals surface area contributed by atoms with E-state index in [4.69, 9.17) is 14.3 Å². The van der Waals surface area contributed by atoms with Gasteiger partial charge in [0.2, 0.25) is 5.13 Å². The normalized spacial score (nSPS) is 19.4. The number of benzene rings is 1. The molecule has 1 saturated carbocycles. The van der Waals surface area contributed by atoms with E-state index in [0.29, 0.717) is 49.0 Å². The molecule has 0 radical (unpaired) electrons. The van der Waals surface area contributed by atoms with Crippen LogP contribution in [0.5, 0.6) is 0 Å². The van der Waals surface area contributed by atoms with Crippen molar-refractivity contribution in [2.24, 2.45) is 5.16 Å². The molecule has 0 unspecified atom stereocenters. The molecule has 2 heterocycles. The van der Waals surface area contributed by atoms with Crippen molar-refractivity contribution in [2.45, 2.75) is 42.1 Å². The van der Waals surface area contributed by atoms with Gasteiger partial charge in [-0.05, 0) is 25.0 Å². The lowest BCUT2D eigenvalue weighted by Gasteiger charge is -2.10. The summed E-state index contributed by atoms with van der Waals surface area (Å²) in [6, 6.07) is 6.09. The first-order valence-electron chi connectivity index (χ1n) is 9.76. The van der Waals surface area contributed by atoms with Crippen LogP contribution < -0.4 is 5.32 Å². The molecule has 1 aromatic heterocycles. The van der Waals surface area contributed by atoms with Gasteiger partial charge in [0.05, 0.1) is 23.4 Å². The Morgan fingerprint density at radius 3 is 2.71 bits per heavy atom. The Morgan fingerprint density at radius 1 is 1.29 bits per heavy atom. The Bertz CT molecular complexity index is 1060. The topological polar surface area (TPSA) is 129 Å². The molecule has 12 heteroatoms. The Balaban J connectivity index is 1.55. The Kier molecular flexibility index (Phi) is 6.60. The molecule has 1 aromatic carbocycles. The maximum atomic E-state index is 12.9. The fourth-order valence-corrected chi connectivity index (χ4v) is 5.20. The maximum absolute atomic E-state index is 12.9. The van der Waals surface area contributed by atoms with Crippen LogP contribution in [-0.2, 0) is 35.5 Å². The zero-order valence-corrected chi connectivity index (χ0v) is 18.4. The summed E-state index contributed by atoms with van der Waals surface area (Å²) >= 11 is 1.02. The monoisotopic (exact) mass is 466 g/mol. The largest absolute Gasteiger partial charge is 0.389 e. The van der Waals surface area contributed by atoms with Crippen LogP contribution in [0.2, 0.25) is 0 Å². The van der Waals surface area contributed by atoms with Gasteiger partial charge in [-0.2, -0.15) is 4.37 Å². The molecule has 1 saturated heterocycles. The van der Waals surface area contributed by atoms with Gasteiger partial charge in [0.15, 0.2) is 27.5 Å². The lowest BCUT2D eigenvalue weighted by molar-refractivity contribution is -0.110. The predicted molar refractivity (Wildman–Crippen MR) is 113 cm³/mol. The smallest absolute Gasteiger partial charge is 0.280 e. The highest BCUT2D eigenvalue weighted by molar-refractivity contribution is 7.92. The van der Waals surface area contributed by atoms with Crippen LogP contribution in [0.15, 0.2) is 34.3 Å². The van der Waals surface area contributed by atoms with E-state index >= 15 is 0 Å². The van der Waals surface area contributed by atoms with Crippen LogP contribution in [0.3, 0.4) is 0 Å². The second kappa shape index (κ2) is 9.39. The highest BCUT2D eigenvalue weighted by Crippen LogP contribution is 2.33. The number of hydrogen-bond donors (Lipinski definition) is 1. The minimum absolute atomic E-state index is 0.00533. The summed E-state index contributed by atoms with van der Waals surface area (Å²) in [4.78, 5) is 22.8. The van der Waals surface area contributed by atoms with Crippen molar-refractivity contribution >= 4 is 38.1 Å². The number of aromatic nitrogens is 2. The number of rotatable bonds is 9. The van der Waals surface area contributed by atoms with E-state index in [1.807, 2.05) is 0 Å². The van der Waals surface area contributed by atoms with Gasteiger partial charge in [0.1, 0.15) is 6.61 Å². The molecule has 31 heavy (non-hydrogen) atoms. The molecule has 0 spiro atoms. The predicted octanol–water partition coefficient (Wildman–Crippen LogP) is 1.77. The summed E-state index contributed by atoms with van der Waals surface area (Å²) in [5.74, 6) is -0.0906. The van der Waals surface area contributed by atoms with E-state index in [1.165, 1.54) is 19.2 Å². The highest BCUT2D eigenvalue weighted by atomic mass is 32.2. The third-order valence-electron chi connectivity index (χ3n) is 4.78. The first-order valence-corrected chi connectivity index (χ1v) is 12.1. The van der Waals surface area contributed by atoms with Crippen LogP contribution in [0.25, 0.3) is 0 Å². The summed E-state index contributed by atoms with van der Waals surface area (Å²) in [7, 11) is -1.79. The second-order valence-electron chi connectivity index (χ2n) is 7.20. The summed E-state index contributed by atoms with van der Waals surface area (Å²) in [5.41, 5.74) is 0.429. The highest BCUT2D eigenvalue weighted by Gasteiger charge is 2.36. The van der Waals surface area contributed by atoms with Crippen LogP contribution in [0, 0.1) is 0 Å². The molecule has 4 rings (SSSR count). The number of hydrogen-bond acceptors (Lipinski definition) is 10. The molecule has 1 atom stereocenters.